The van der Waals surface area contributed by atoms with Crippen molar-refractivity contribution in [3.05, 3.63) is 63.6 Å². The van der Waals surface area contributed by atoms with E-state index in [4.69, 9.17) is 0 Å². The molecule has 3 rings (SSSR count). The Morgan fingerprint density at radius 1 is 0.857 bits per heavy atom. The van der Waals surface area contributed by atoms with Crippen LogP contribution in [0, 0.1) is 7.43 Å². The molecule has 0 aliphatic carbocycles. The number of carbonyl (C=O) groups is 3. The van der Waals surface area contributed by atoms with Crippen LogP contribution < -0.4 is 4.57 Å². The second-order valence-corrected chi connectivity index (χ2v) is 54.4. The number of aryl methyl sites for hydroxylation is 1. The van der Waals surface area contributed by atoms with Crippen molar-refractivity contribution in [1.29, 1.82) is 0 Å². The van der Waals surface area contributed by atoms with Crippen molar-refractivity contribution in [2.75, 3.05) is 47.2 Å². The van der Waals surface area contributed by atoms with Crippen LogP contribution in [-0.4, -0.2) is 104 Å². The van der Waals surface area contributed by atoms with E-state index in [0.717, 1.165) is 0 Å². The SMILES string of the molecule is CC(=O)N(C)C.CI.CN(C)C(=O)n1cc[n+](C)c1.CN(C)C(=O)n1ccnc1.[CH3-].[I][V]([I])[I].[I][V][I].c1c[nH]cn1. The van der Waals surface area contributed by atoms with Gasteiger partial charge in [-0.3, -0.25) is 9.36 Å². The maximum atomic E-state index is 11.2. The summed E-state index contributed by atoms with van der Waals surface area (Å²) in [6.45, 7) is 1.53. The summed E-state index contributed by atoms with van der Waals surface area (Å²) in [4.78, 5) is 48.8. The van der Waals surface area contributed by atoms with Gasteiger partial charge in [0.15, 0.2) is 0 Å². The first-order chi connectivity index (χ1) is 19.1. The summed E-state index contributed by atoms with van der Waals surface area (Å²) in [6, 6.07) is -0.122. The molecule has 3 aromatic rings. The van der Waals surface area contributed by atoms with Crippen LogP contribution >= 0.6 is 122 Å². The van der Waals surface area contributed by atoms with E-state index in [0.29, 0.717) is 9.47 Å². The number of H-pyrrole nitrogens is 1. The normalized spacial score (nSPS) is 8.19. The maximum absolute atomic E-state index is 11.2. The number of carbonyl (C=O) groups excluding carboxylic acids is 3. The fraction of sp³-hybridized carbons (Fsp3) is 0.409. The topological polar surface area (TPSA) is 116 Å². The van der Waals surface area contributed by atoms with Crippen molar-refractivity contribution in [3.8, 4) is 0 Å². The van der Waals surface area contributed by atoms with Crippen LogP contribution in [0.2, 0.25) is 0 Å². The van der Waals surface area contributed by atoms with Crippen LogP contribution in [0.15, 0.2) is 56.2 Å². The molecule has 0 atom stereocenters. The van der Waals surface area contributed by atoms with E-state index < -0.39 is 0 Å². The number of hydrogen-bond donors (Lipinski definition) is 1. The van der Waals surface area contributed by atoms with Gasteiger partial charge in [-0.25, -0.2) is 24.1 Å². The Hall–Kier alpha value is 1.59. The molecule has 3 aromatic heterocycles. The van der Waals surface area contributed by atoms with Crippen LogP contribution in [0.4, 0.5) is 9.59 Å². The molecule has 42 heavy (non-hydrogen) atoms. The van der Waals surface area contributed by atoms with Crippen molar-refractivity contribution in [2.45, 2.75) is 6.92 Å². The molecule has 1 N–H and O–H groups in total. The number of aromatic nitrogens is 6. The van der Waals surface area contributed by atoms with Crippen molar-refractivity contribution in [1.82, 2.24) is 38.8 Å². The first-order valence-corrected chi connectivity index (χ1v) is 35.4. The molecular formula is C22H40I6N9O3V2. The van der Waals surface area contributed by atoms with Gasteiger partial charge < -0.3 is 27.1 Å². The molecule has 0 aliphatic rings. The number of rotatable bonds is 0. The van der Waals surface area contributed by atoms with E-state index in [9.17, 15) is 14.4 Å². The minimum absolute atomic E-state index is 0. The number of imidazole rings is 3. The Balaban J connectivity index is -0.000000135. The van der Waals surface area contributed by atoms with Gasteiger partial charge >= 0.3 is 126 Å². The zero-order chi connectivity index (χ0) is 33.0. The fourth-order valence-electron chi connectivity index (χ4n) is 1.61. The second-order valence-electron chi connectivity index (χ2n) is 7.24. The van der Waals surface area contributed by atoms with Crippen LogP contribution in [0.1, 0.15) is 6.92 Å². The Bertz CT molecular complexity index is 976. The Labute approximate surface area is 331 Å². The first kappa shape index (κ1) is 53.1. The van der Waals surface area contributed by atoms with Crippen molar-refractivity contribution < 1.29 is 33.3 Å². The number of nitrogens with one attached hydrogen (secondary N) is 1. The van der Waals surface area contributed by atoms with Crippen molar-refractivity contribution in [2.24, 2.45) is 7.05 Å². The van der Waals surface area contributed by atoms with Crippen LogP contribution in [0.3, 0.4) is 0 Å². The third kappa shape index (κ3) is 37.8. The summed E-state index contributed by atoms with van der Waals surface area (Å²) < 4.78 is 4.77. The first-order valence-electron chi connectivity index (χ1n) is 10.7. The third-order valence-corrected chi connectivity index (χ3v) is 3.52. The number of amides is 3. The van der Waals surface area contributed by atoms with Gasteiger partial charge in [-0.05, 0) is 4.93 Å². The van der Waals surface area contributed by atoms with E-state index in [1.807, 2.05) is 22.7 Å². The summed E-state index contributed by atoms with van der Waals surface area (Å²) in [5.74, 6) is 0.0926. The van der Waals surface area contributed by atoms with Gasteiger partial charge in [-0.15, -0.1) is 0 Å². The number of aromatic amines is 1. The Kier molecular flexibility index (Phi) is 46.8. The van der Waals surface area contributed by atoms with Gasteiger partial charge in [-0.1, -0.05) is 22.6 Å². The third-order valence-electron chi connectivity index (χ3n) is 3.52. The summed E-state index contributed by atoms with van der Waals surface area (Å²) in [6.07, 6.45) is 15.0. The predicted octanol–water partition coefficient (Wildman–Crippen LogP) is 6.68. The van der Waals surface area contributed by atoms with E-state index in [-0.39, 0.29) is 30.3 Å². The smallest absolute Gasteiger partial charge is 0.0919 e. The molecule has 0 fully saturated rings. The molecule has 243 valence electrons. The minimum atomic E-state index is -0.278. The second kappa shape index (κ2) is 37.1. The minimum Gasteiger partial charge on any atom is -0.351 e. The molecule has 0 radical (unpaired) electrons. The van der Waals surface area contributed by atoms with Crippen LogP contribution in [0.5, 0.6) is 0 Å². The zero-order valence-corrected chi connectivity index (χ0v) is 40.9. The molecule has 3 amide bonds. The number of halogens is 6. The van der Waals surface area contributed by atoms with Gasteiger partial charge in [0.2, 0.25) is 5.91 Å². The van der Waals surface area contributed by atoms with E-state index in [1.54, 1.807) is 85.9 Å². The van der Waals surface area contributed by atoms with Crippen LogP contribution in [-0.2, 0) is 26.2 Å². The summed E-state index contributed by atoms with van der Waals surface area (Å²) >= 11 is 14.3. The molecule has 20 heteroatoms. The van der Waals surface area contributed by atoms with E-state index in [2.05, 4.69) is 137 Å². The molecule has 0 unspecified atom stereocenters. The number of alkyl halides is 1. The van der Waals surface area contributed by atoms with Gasteiger partial charge in [-0.2, -0.15) is 4.57 Å². The monoisotopic (exact) mass is 1340 g/mol. The van der Waals surface area contributed by atoms with Gasteiger partial charge in [0.25, 0.3) is 6.33 Å². The molecule has 0 bridgehead atoms. The standard InChI is InChI=1S/C7H12N3O.C6H9N3O.C4H9NO.C3H4N2.CH3I.CH3.5HI.2V/c1-8(2)7(11)10-5-4-9(3)6-10;1-8(2)6(10)9-4-3-7-5-9;1-4(6)5(2)3;1-2-5-3-4-1;1-2;;;;;;;;/h4-6H,1-3H3;3-5H,1-2H3;1-3H3;1-3H,(H,4,5);1H3;1H3;5*1H;;/q+1;;;;;-1;;;;;;+2;+3/p-5. The molecule has 0 spiro atoms. The summed E-state index contributed by atoms with van der Waals surface area (Å²) in [5, 5.41) is 0. The average molecular weight is 1340 g/mol. The Morgan fingerprint density at radius 2 is 1.29 bits per heavy atom. The molecule has 0 saturated heterocycles. The van der Waals surface area contributed by atoms with Gasteiger partial charge in [0, 0.05) is 74.0 Å². The maximum Gasteiger partial charge on any atom is 0.0919 e. The van der Waals surface area contributed by atoms with Gasteiger partial charge in [0.1, 0.15) is 18.7 Å². The quantitative estimate of drug-likeness (QED) is 0.117. The van der Waals surface area contributed by atoms with E-state index >= 15 is 0 Å². The van der Waals surface area contributed by atoms with Crippen molar-refractivity contribution >= 4 is 140 Å². The number of nitrogens with zero attached hydrogens (tertiary/aromatic N) is 8. The Morgan fingerprint density at radius 3 is 1.50 bits per heavy atom. The average Bonchev–Trinajstić information content (AvgIpc) is 3.70. The summed E-state index contributed by atoms with van der Waals surface area (Å²) in [7, 11) is 12.8. The predicted molar refractivity (Wildman–Crippen MR) is 216 cm³/mol. The summed E-state index contributed by atoms with van der Waals surface area (Å²) in [5.41, 5.74) is 0. The molecule has 0 saturated carbocycles. The van der Waals surface area contributed by atoms with Crippen LogP contribution in [0.25, 0.3) is 0 Å². The fourth-order valence-corrected chi connectivity index (χ4v) is 1.61. The molecule has 12 nitrogen and oxygen atoms in total. The van der Waals surface area contributed by atoms with Crippen molar-refractivity contribution in [3.63, 3.8) is 0 Å². The molecule has 0 aromatic carbocycles. The zero-order valence-electron chi connectivity index (χ0n) is 25.2. The van der Waals surface area contributed by atoms with E-state index in [1.165, 1.54) is 37.1 Å². The molecule has 0 aliphatic heterocycles. The molecular weight excluding hydrogens is 1300 g/mol. The largest absolute Gasteiger partial charge is 0.351 e. The molecule has 3 heterocycles. The number of hydrogen-bond acceptors (Lipinski definition) is 5. The van der Waals surface area contributed by atoms with Gasteiger partial charge in [0.05, 0.1) is 13.4 Å².